The topological polar surface area (TPSA) is 64.4 Å². The molecule has 3 nitrogen and oxygen atoms in total. The molecule has 0 aliphatic rings. The van der Waals surface area contributed by atoms with Crippen LogP contribution in [0.2, 0.25) is 0 Å². The van der Waals surface area contributed by atoms with Gasteiger partial charge in [-0.2, -0.15) is 0 Å². The van der Waals surface area contributed by atoms with Gasteiger partial charge in [-0.3, -0.25) is 0 Å². The predicted octanol–water partition coefficient (Wildman–Crippen LogP) is 6.59. The Labute approximate surface area is 186 Å². The van der Waals surface area contributed by atoms with Crippen molar-refractivity contribution in [2.45, 2.75) is 31.0 Å². The SMILES string of the molecule is CCc1ccc(N)c(Br)c1.CCc1ccc(N)cc1.ClC(Cl)Cl.[B]=NS. The maximum atomic E-state index is 5.60. The van der Waals surface area contributed by atoms with Crippen LogP contribution in [-0.4, -0.2) is 11.9 Å². The second kappa shape index (κ2) is 18.0. The number of nitrogens with two attached hydrogens (primary N) is 2. The van der Waals surface area contributed by atoms with Crippen molar-refractivity contribution in [3.63, 3.8) is 0 Å². The Morgan fingerprint density at radius 2 is 1.38 bits per heavy atom. The summed E-state index contributed by atoms with van der Waals surface area (Å²) in [5.74, 6) is 0. The van der Waals surface area contributed by atoms with Gasteiger partial charge in [0.05, 0.1) is 0 Å². The first-order valence-electron chi connectivity index (χ1n) is 7.56. The van der Waals surface area contributed by atoms with Crippen LogP contribution in [0.15, 0.2) is 51.2 Å². The van der Waals surface area contributed by atoms with Gasteiger partial charge in [0, 0.05) is 15.8 Å². The fraction of sp³-hybridized carbons (Fsp3) is 0.294. The Hall–Kier alpha value is -0.395. The van der Waals surface area contributed by atoms with Gasteiger partial charge in [0.15, 0.2) is 4.30 Å². The standard InChI is InChI=1S/C8H10BrN.C8H11N.CHCl3.BHNS/c1-2-6-3-4-8(10)7(9)5-6;1-2-7-3-5-8(9)6-4-7;2-1(3)4;1-2-3/h3-5H,2,10H2,1H3;3-6H,2,9H2,1H3;1H;3H. The number of hydrogen-bond acceptors (Lipinski definition) is 4. The van der Waals surface area contributed by atoms with E-state index in [1.807, 2.05) is 24.3 Å². The molecule has 0 saturated heterocycles. The number of halogens is 4. The summed E-state index contributed by atoms with van der Waals surface area (Å²) >= 11 is 21.0. The van der Waals surface area contributed by atoms with Gasteiger partial charge in [0.2, 0.25) is 0 Å². The zero-order chi connectivity index (χ0) is 20.5. The first-order valence-corrected chi connectivity index (χ1v) is 10.1. The molecule has 0 atom stereocenters. The minimum atomic E-state index is -0.750. The number of aryl methyl sites for hydroxylation is 2. The number of nitrogen functional groups attached to an aromatic ring is 2. The van der Waals surface area contributed by atoms with Gasteiger partial charge in [0.1, 0.15) is 0 Å². The van der Waals surface area contributed by atoms with Gasteiger partial charge in [-0.1, -0.05) is 66.8 Å². The fourth-order valence-electron chi connectivity index (χ4n) is 1.54. The third kappa shape index (κ3) is 17.0. The van der Waals surface area contributed by atoms with Crippen LogP contribution >= 0.6 is 63.5 Å². The van der Waals surface area contributed by atoms with Gasteiger partial charge < -0.3 is 11.5 Å². The molecule has 4 N–H and O–H groups in total. The number of nitrogens with zero attached hydrogens (tertiary/aromatic N) is 1. The molecule has 0 fully saturated rings. The molecular weight excluding hydrogens is 475 g/mol. The molecule has 0 aliphatic carbocycles. The van der Waals surface area contributed by atoms with Crippen LogP contribution in [0.5, 0.6) is 0 Å². The number of benzene rings is 2. The summed E-state index contributed by atoms with van der Waals surface area (Å²) in [4.78, 5) is 0. The van der Waals surface area contributed by atoms with E-state index in [1.54, 1.807) is 0 Å². The number of hydrogen-bond donors (Lipinski definition) is 3. The molecule has 0 aliphatic heterocycles. The van der Waals surface area contributed by atoms with E-state index in [0.29, 0.717) is 0 Å². The van der Waals surface area contributed by atoms with Gasteiger partial charge in [-0.05, 0) is 64.2 Å². The van der Waals surface area contributed by atoms with Crippen molar-refractivity contribution in [3.8, 4) is 0 Å². The van der Waals surface area contributed by atoms with E-state index in [0.717, 1.165) is 28.7 Å². The quantitative estimate of drug-likeness (QED) is 0.189. The van der Waals surface area contributed by atoms with E-state index in [2.05, 4.69) is 72.7 Å². The summed E-state index contributed by atoms with van der Waals surface area (Å²) in [7, 11) is 4.34. The maximum absolute atomic E-state index is 5.60. The van der Waals surface area contributed by atoms with Gasteiger partial charge in [-0.15, -0.1) is 0 Å². The molecule has 0 unspecified atom stereocenters. The molecule has 2 rings (SSSR count). The van der Waals surface area contributed by atoms with E-state index in [9.17, 15) is 0 Å². The molecule has 0 aromatic heterocycles. The summed E-state index contributed by atoms with van der Waals surface area (Å²) in [6, 6.07) is 14.0. The molecule has 1 radical (unpaired) electrons. The monoisotopic (exact) mass is 496 g/mol. The number of rotatable bonds is 2. The number of anilines is 2. The van der Waals surface area contributed by atoms with Crippen molar-refractivity contribution < 1.29 is 0 Å². The zero-order valence-corrected chi connectivity index (χ0v) is 19.4. The molecule has 9 heteroatoms. The van der Waals surface area contributed by atoms with E-state index < -0.39 is 4.30 Å². The molecule has 2 aromatic carbocycles. The molecule has 0 saturated carbocycles. The van der Waals surface area contributed by atoms with Gasteiger partial charge in [0.25, 0.3) is 0 Å². The molecule has 26 heavy (non-hydrogen) atoms. The van der Waals surface area contributed by atoms with Crippen LogP contribution in [0.1, 0.15) is 25.0 Å². The summed E-state index contributed by atoms with van der Waals surface area (Å²) in [6.07, 6.45) is 2.14. The summed E-state index contributed by atoms with van der Waals surface area (Å²) in [5, 5.41) is 0. The van der Waals surface area contributed by atoms with Crippen LogP contribution in [0.4, 0.5) is 11.4 Å². The van der Waals surface area contributed by atoms with E-state index in [-0.39, 0.29) is 0 Å². The Morgan fingerprint density at radius 3 is 1.73 bits per heavy atom. The van der Waals surface area contributed by atoms with Crippen molar-refractivity contribution >= 4 is 82.6 Å². The Balaban J connectivity index is 0. The van der Waals surface area contributed by atoms with Crippen molar-refractivity contribution in [1.29, 1.82) is 0 Å². The third-order valence-corrected chi connectivity index (χ3v) is 3.55. The zero-order valence-electron chi connectivity index (χ0n) is 14.7. The molecule has 2 aromatic rings. The Bertz CT molecular complexity index is 614. The van der Waals surface area contributed by atoms with Crippen LogP contribution in [0.25, 0.3) is 0 Å². The van der Waals surface area contributed by atoms with Crippen LogP contribution in [-0.2, 0) is 12.8 Å². The van der Waals surface area contributed by atoms with Crippen LogP contribution in [0.3, 0.4) is 0 Å². The fourth-order valence-corrected chi connectivity index (χ4v) is 1.97. The number of thiol groups is 1. The van der Waals surface area contributed by atoms with Crippen molar-refractivity contribution in [1.82, 2.24) is 0 Å². The normalized spacial score (nSPS) is 8.88. The Morgan fingerprint density at radius 1 is 1.00 bits per heavy atom. The first-order chi connectivity index (χ1) is 12.2. The van der Waals surface area contributed by atoms with E-state index >= 15 is 0 Å². The summed E-state index contributed by atoms with van der Waals surface area (Å²) in [5.41, 5.74) is 15.4. The minimum absolute atomic E-state index is 0.750. The molecule has 0 heterocycles. The van der Waals surface area contributed by atoms with Gasteiger partial charge in [-0.25, -0.2) is 0 Å². The molecular formula is C17H23BBrCl3N3S. The average Bonchev–Trinajstić information content (AvgIpc) is 2.59. The average molecular weight is 499 g/mol. The number of alkyl halides is 3. The Kier molecular flexibility index (Phi) is 19.3. The van der Waals surface area contributed by atoms with Crippen molar-refractivity contribution in [2.75, 3.05) is 11.5 Å². The van der Waals surface area contributed by atoms with Crippen molar-refractivity contribution in [3.05, 3.63) is 58.1 Å². The molecule has 0 amide bonds. The molecule has 0 bridgehead atoms. The summed E-state index contributed by atoms with van der Waals surface area (Å²) in [6.45, 7) is 4.25. The third-order valence-electron chi connectivity index (χ3n) is 2.86. The van der Waals surface area contributed by atoms with Crippen LogP contribution < -0.4 is 11.5 Å². The first kappa shape index (κ1) is 27.8. The van der Waals surface area contributed by atoms with Crippen LogP contribution in [0, 0.1) is 0 Å². The van der Waals surface area contributed by atoms with Crippen molar-refractivity contribution in [2.24, 2.45) is 4.30 Å². The predicted molar refractivity (Wildman–Crippen MR) is 127 cm³/mol. The second-order valence-electron chi connectivity index (χ2n) is 4.67. The second-order valence-corrected chi connectivity index (χ2v) is 7.73. The van der Waals surface area contributed by atoms with E-state index in [1.165, 1.54) is 11.1 Å². The molecule has 143 valence electrons. The molecule has 0 spiro atoms. The van der Waals surface area contributed by atoms with E-state index in [4.69, 9.17) is 46.3 Å². The summed E-state index contributed by atoms with van der Waals surface area (Å²) < 4.78 is 2.94. The van der Waals surface area contributed by atoms with Gasteiger partial charge >= 0.3 is 24.8 Å².